The molecular weight excluding hydrogens is 425 g/mol. The van der Waals surface area contributed by atoms with Gasteiger partial charge < -0.3 is 16.8 Å². The molecule has 1 aliphatic rings. The van der Waals surface area contributed by atoms with Gasteiger partial charge in [-0.2, -0.15) is 15.1 Å². The highest BCUT2D eigenvalue weighted by Gasteiger charge is 2.37. The molecule has 1 aliphatic carbocycles. The standard InChI is InChI=1S/C19H17ClFN9O/c20-12-15(22)27-19(23)28-16(12)25-13(8-4-5-8)17-26-14-9(2-1-3-10(14)21)18(31)30(17)11-6-7-24-29-11/h1-3,6-8,13H,4-5H2,(H,24,29)(H5,22,23,25,27,28). The van der Waals surface area contributed by atoms with Crippen molar-refractivity contribution in [2.24, 2.45) is 5.92 Å². The smallest absolute Gasteiger partial charge is 0.267 e. The molecule has 0 bridgehead atoms. The second-order valence-electron chi connectivity index (χ2n) is 7.27. The van der Waals surface area contributed by atoms with Gasteiger partial charge in [-0.3, -0.25) is 9.89 Å². The molecule has 0 saturated heterocycles. The molecule has 1 fully saturated rings. The first-order valence-electron chi connectivity index (χ1n) is 9.50. The van der Waals surface area contributed by atoms with Crippen LogP contribution < -0.4 is 22.3 Å². The fourth-order valence-electron chi connectivity index (χ4n) is 3.55. The zero-order valence-corrected chi connectivity index (χ0v) is 16.8. The van der Waals surface area contributed by atoms with Crippen LogP contribution >= 0.6 is 11.6 Å². The molecule has 1 atom stereocenters. The number of nitrogen functional groups attached to an aromatic ring is 2. The molecule has 1 saturated carbocycles. The number of aromatic nitrogens is 6. The number of nitrogens with zero attached hydrogens (tertiary/aromatic N) is 5. The molecule has 1 unspecified atom stereocenters. The zero-order chi connectivity index (χ0) is 21.7. The molecule has 0 spiro atoms. The minimum absolute atomic E-state index is 0.0189. The van der Waals surface area contributed by atoms with Crippen molar-refractivity contribution in [2.75, 3.05) is 16.8 Å². The highest BCUT2D eigenvalue weighted by molar-refractivity contribution is 6.35. The lowest BCUT2D eigenvalue weighted by Gasteiger charge is -2.23. The summed E-state index contributed by atoms with van der Waals surface area (Å²) in [5.74, 6) is 0.306. The largest absolute Gasteiger partial charge is 0.382 e. The number of anilines is 3. The van der Waals surface area contributed by atoms with Crippen LogP contribution in [0.2, 0.25) is 5.02 Å². The van der Waals surface area contributed by atoms with E-state index in [-0.39, 0.29) is 45.3 Å². The van der Waals surface area contributed by atoms with Crippen LogP contribution in [0.1, 0.15) is 24.7 Å². The third-order valence-electron chi connectivity index (χ3n) is 5.15. The van der Waals surface area contributed by atoms with Crippen molar-refractivity contribution in [3.05, 3.63) is 57.5 Å². The third-order valence-corrected chi connectivity index (χ3v) is 5.52. The van der Waals surface area contributed by atoms with E-state index in [1.807, 2.05) is 0 Å². The number of fused-ring (bicyclic) bond motifs is 1. The molecule has 0 radical (unpaired) electrons. The van der Waals surface area contributed by atoms with Gasteiger partial charge in [-0.25, -0.2) is 13.9 Å². The number of rotatable bonds is 5. The summed E-state index contributed by atoms with van der Waals surface area (Å²) in [5.41, 5.74) is 11.1. The van der Waals surface area contributed by atoms with E-state index in [2.05, 4.69) is 30.5 Å². The van der Waals surface area contributed by atoms with Crippen molar-refractivity contribution >= 4 is 40.1 Å². The van der Waals surface area contributed by atoms with Gasteiger partial charge in [0, 0.05) is 12.3 Å². The molecule has 31 heavy (non-hydrogen) atoms. The number of H-pyrrole nitrogens is 1. The third kappa shape index (κ3) is 3.32. The molecule has 4 aromatic rings. The fourth-order valence-corrected chi connectivity index (χ4v) is 3.68. The van der Waals surface area contributed by atoms with Crippen molar-refractivity contribution in [2.45, 2.75) is 18.9 Å². The molecule has 0 aliphatic heterocycles. The number of benzene rings is 1. The van der Waals surface area contributed by atoms with Gasteiger partial charge in [0.2, 0.25) is 5.95 Å². The van der Waals surface area contributed by atoms with Crippen molar-refractivity contribution in [1.82, 2.24) is 29.7 Å². The van der Waals surface area contributed by atoms with Gasteiger partial charge in [-0.1, -0.05) is 17.7 Å². The summed E-state index contributed by atoms with van der Waals surface area (Å²) >= 11 is 6.28. The average molecular weight is 442 g/mol. The number of hydrogen-bond acceptors (Lipinski definition) is 8. The molecule has 5 rings (SSSR count). The Morgan fingerprint density at radius 3 is 2.74 bits per heavy atom. The number of halogens is 2. The Morgan fingerprint density at radius 1 is 1.23 bits per heavy atom. The van der Waals surface area contributed by atoms with E-state index in [0.717, 1.165) is 12.8 Å². The Balaban J connectivity index is 1.75. The second kappa shape index (κ2) is 7.20. The monoisotopic (exact) mass is 441 g/mol. The lowest BCUT2D eigenvalue weighted by atomic mass is 10.1. The average Bonchev–Trinajstić information content (AvgIpc) is 3.44. The predicted molar refractivity (Wildman–Crippen MR) is 114 cm³/mol. The maximum absolute atomic E-state index is 14.6. The normalized spacial score (nSPS) is 14.6. The van der Waals surface area contributed by atoms with Gasteiger partial charge >= 0.3 is 0 Å². The van der Waals surface area contributed by atoms with Crippen molar-refractivity contribution in [3.8, 4) is 5.82 Å². The highest BCUT2D eigenvalue weighted by Crippen LogP contribution is 2.43. The maximum Gasteiger partial charge on any atom is 0.267 e. The zero-order valence-electron chi connectivity index (χ0n) is 16.0. The summed E-state index contributed by atoms with van der Waals surface area (Å²) in [6.45, 7) is 0. The van der Waals surface area contributed by atoms with Crippen molar-refractivity contribution in [1.29, 1.82) is 0 Å². The first-order valence-corrected chi connectivity index (χ1v) is 9.88. The van der Waals surface area contributed by atoms with Gasteiger partial charge in [-0.15, -0.1) is 0 Å². The summed E-state index contributed by atoms with van der Waals surface area (Å²) in [6.07, 6.45) is 3.33. The Morgan fingerprint density at radius 2 is 2.03 bits per heavy atom. The SMILES string of the molecule is Nc1nc(N)c(Cl)c(NC(c2nc3c(F)cccc3c(=O)n2-c2cc[nH]n2)C2CC2)n1. The Hall–Kier alpha value is -3.73. The lowest BCUT2D eigenvalue weighted by molar-refractivity contribution is 0.597. The number of aromatic amines is 1. The van der Waals surface area contributed by atoms with E-state index in [9.17, 15) is 9.18 Å². The molecule has 3 aromatic heterocycles. The minimum atomic E-state index is -0.590. The summed E-state index contributed by atoms with van der Waals surface area (Å²) in [6, 6.07) is 5.37. The van der Waals surface area contributed by atoms with Gasteiger partial charge in [0.1, 0.15) is 28.0 Å². The quantitative estimate of drug-likeness (QED) is 0.368. The lowest BCUT2D eigenvalue weighted by Crippen LogP contribution is -2.30. The summed E-state index contributed by atoms with van der Waals surface area (Å²) in [7, 11) is 0. The number of nitrogens with one attached hydrogen (secondary N) is 2. The number of hydrogen-bond donors (Lipinski definition) is 4. The molecule has 3 heterocycles. The van der Waals surface area contributed by atoms with E-state index in [1.165, 1.54) is 22.8 Å². The minimum Gasteiger partial charge on any atom is -0.382 e. The van der Waals surface area contributed by atoms with Crippen LogP contribution in [0.15, 0.2) is 35.3 Å². The molecular formula is C19H17ClFN9O. The molecule has 158 valence electrons. The van der Waals surface area contributed by atoms with Crippen LogP contribution in [-0.4, -0.2) is 29.7 Å². The number of para-hydroxylation sites is 1. The molecule has 12 heteroatoms. The maximum atomic E-state index is 14.6. The first-order chi connectivity index (χ1) is 14.9. The summed E-state index contributed by atoms with van der Waals surface area (Å²) < 4.78 is 15.9. The van der Waals surface area contributed by atoms with Crippen LogP contribution in [0, 0.1) is 11.7 Å². The highest BCUT2D eigenvalue weighted by atomic mass is 35.5. The van der Waals surface area contributed by atoms with Gasteiger partial charge in [-0.05, 0) is 30.9 Å². The van der Waals surface area contributed by atoms with Crippen molar-refractivity contribution < 1.29 is 4.39 Å². The predicted octanol–water partition coefficient (Wildman–Crippen LogP) is 2.42. The molecule has 6 N–H and O–H groups in total. The Labute approximate surface area is 179 Å². The van der Waals surface area contributed by atoms with Gasteiger partial charge in [0.25, 0.3) is 5.56 Å². The van der Waals surface area contributed by atoms with E-state index >= 15 is 0 Å². The second-order valence-corrected chi connectivity index (χ2v) is 7.65. The van der Waals surface area contributed by atoms with Crippen LogP contribution in [0.3, 0.4) is 0 Å². The van der Waals surface area contributed by atoms with E-state index < -0.39 is 17.4 Å². The molecule has 0 amide bonds. The topological polar surface area (TPSA) is 153 Å². The summed E-state index contributed by atoms with van der Waals surface area (Å²) in [4.78, 5) is 25.9. The summed E-state index contributed by atoms with van der Waals surface area (Å²) in [5, 5.41) is 10.3. The first kappa shape index (κ1) is 19.2. The van der Waals surface area contributed by atoms with E-state index in [4.69, 9.17) is 23.1 Å². The van der Waals surface area contributed by atoms with Crippen LogP contribution in [0.4, 0.5) is 22.0 Å². The van der Waals surface area contributed by atoms with E-state index in [0.29, 0.717) is 5.82 Å². The van der Waals surface area contributed by atoms with Crippen LogP contribution in [0.25, 0.3) is 16.7 Å². The van der Waals surface area contributed by atoms with Crippen LogP contribution in [0.5, 0.6) is 0 Å². The Kier molecular flexibility index (Phi) is 4.47. The fraction of sp³-hybridized carbons (Fsp3) is 0.211. The Bertz CT molecular complexity index is 1350. The van der Waals surface area contributed by atoms with E-state index in [1.54, 1.807) is 12.3 Å². The molecule has 1 aromatic carbocycles. The van der Waals surface area contributed by atoms with Gasteiger partial charge in [0.15, 0.2) is 11.6 Å². The van der Waals surface area contributed by atoms with Gasteiger partial charge in [0.05, 0.1) is 11.4 Å². The molecule has 10 nitrogen and oxygen atoms in total. The van der Waals surface area contributed by atoms with Crippen LogP contribution in [-0.2, 0) is 0 Å². The number of nitrogens with two attached hydrogens (primary N) is 2. The van der Waals surface area contributed by atoms with Crippen molar-refractivity contribution in [3.63, 3.8) is 0 Å².